The molecule has 0 unspecified atom stereocenters. The second-order valence-electron chi connectivity index (χ2n) is 5.48. The van der Waals surface area contributed by atoms with Gasteiger partial charge in [0, 0.05) is 10.0 Å². The summed E-state index contributed by atoms with van der Waals surface area (Å²) in [5.41, 5.74) is 3.52. The van der Waals surface area contributed by atoms with Crippen LogP contribution < -0.4 is 20.2 Å². The number of rotatable bonds is 9. The molecule has 0 aliphatic heterocycles. The Morgan fingerprint density at radius 2 is 1.96 bits per heavy atom. The minimum Gasteiger partial charge on any atom is -0.493 e. The molecule has 8 heteroatoms. The van der Waals surface area contributed by atoms with E-state index in [4.69, 9.17) is 9.47 Å². The number of hydrogen-bond acceptors (Lipinski definition) is 5. The van der Waals surface area contributed by atoms with E-state index in [1.165, 1.54) is 13.3 Å². The predicted octanol–water partition coefficient (Wildman–Crippen LogP) is 3.50. The zero-order chi connectivity index (χ0) is 20.4. The third kappa shape index (κ3) is 6.24. The minimum absolute atomic E-state index is 0.294. The Morgan fingerprint density at radius 1 is 1.18 bits per heavy atom. The zero-order valence-electron chi connectivity index (χ0n) is 15.3. The monoisotopic (exact) mass is 445 g/mol. The van der Waals surface area contributed by atoms with Gasteiger partial charge < -0.3 is 14.8 Å². The third-order valence-corrected chi connectivity index (χ3v) is 4.13. The molecule has 2 N–H and O–H groups in total. The number of ether oxygens (including phenoxy) is 2. The standard InChI is InChI=1S/C20H20BrN3O4/c1-3-11-28-20-14(7-6-10-17(20)27-2)13-22-24-19(26)12-18(25)23-16-9-5-4-8-15(16)21/h3-10,13H,1,11-12H2,2H3,(H,23,25)(H,24,26). The van der Waals surface area contributed by atoms with Gasteiger partial charge in [-0.15, -0.1) is 0 Å². The van der Waals surface area contributed by atoms with Crippen molar-refractivity contribution in [3.63, 3.8) is 0 Å². The molecule has 2 aromatic rings. The van der Waals surface area contributed by atoms with Crippen molar-refractivity contribution in [3.8, 4) is 11.5 Å². The quantitative estimate of drug-likeness (QED) is 0.267. The van der Waals surface area contributed by atoms with Crippen LogP contribution in [0.15, 0.2) is 64.7 Å². The van der Waals surface area contributed by atoms with Gasteiger partial charge in [-0.2, -0.15) is 5.10 Å². The molecule has 2 aromatic carbocycles. The Kier molecular flexibility index (Phi) is 8.23. The van der Waals surface area contributed by atoms with E-state index in [2.05, 4.69) is 38.4 Å². The number of nitrogens with one attached hydrogen (secondary N) is 2. The van der Waals surface area contributed by atoms with Gasteiger partial charge in [-0.1, -0.05) is 30.9 Å². The largest absolute Gasteiger partial charge is 0.493 e. The van der Waals surface area contributed by atoms with E-state index in [0.717, 1.165) is 4.47 Å². The van der Waals surface area contributed by atoms with Crippen LogP contribution in [0.4, 0.5) is 5.69 Å². The molecule has 0 saturated heterocycles. The average Bonchev–Trinajstić information content (AvgIpc) is 2.68. The molecule has 7 nitrogen and oxygen atoms in total. The van der Waals surface area contributed by atoms with E-state index < -0.39 is 11.8 Å². The Bertz CT molecular complexity index is 884. The smallest absolute Gasteiger partial charge is 0.249 e. The Labute approximate surface area is 171 Å². The van der Waals surface area contributed by atoms with Crippen LogP contribution in [-0.4, -0.2) is 31.7 Å². The van der Waals surface area contributed by atoms with Crippen LogP contribution in [0.3, 0.4) is 0 Å². The number of anilines is 1. The van der Waals surface area contributed by atoms with Crippen molar-refractivity contribution in [2.24, 2.45) is 5.10 Å². The maximum absolute atomic E-state index is 12.0. The highest BCUT2D eigenvalue weighted by molar-refractivity contribution is 9.10. The fourth-order valence-electron chi connectivity index (χ4n) is 2.21. The van der Waals surface area contributed by atoms with E-state index in [9.17, 15) is 9.59 Å². The molecule has 0 spiro atoms. The van der Waals surface area contributed by atoms with Crippen LogP contribution in [0.5, 0.6) is 11.5 Å². The van der Waals surface area contributed by atoms with Crippen molar-refractivity contribution in [1.29, 1.82) is 0 Å². The first-order chi connectivity index (χ1) is 13.5. The highest BCUT2D eigenvalue weighted by atomic mass is 79.9. The molecule has 0 aliphatic rings. The lowest BCUT2D eigenvalue weighted by Gasteiger charge is -2.11. The number of hydrogen-bond donors (Lipinski definition) is 2. The lowest BCUT2D eigenvalue weighted by molar-refractivity contribution is -0.126. The second kappa shape index (κ2) is 10.9. The number of nitrogens with zero attached hydrogens (tertiary/aromatic N) is 1. The summed E-state index contributed by atoms with van der Waals surface area (Å²) in [5, 5.41) is 6.54. The number of amides is 2. The lowest BCUT2D eigenvalue weighted by Crippen LogP contribution is -2.24. The average molecular weight is 446 g/mol. The van der Waals surface area contributed by atoms with Crippen molar-refractivity contribution in [2.75, 3.05) is 19.0 Å². The predicted molar refractivity (Wildman–Crippen MR) is 112 cm³/mol. The maximum Gasteiger partial charge on any atom is 0.249 e. The van der Waals surface area contributed by atoms with E-state index in [1.807, 2.05) is 6.07 Å². The number of carbonyl (C=O) groups excluding carboxylic acids is 2. The molecule has 0 radical (unpaired) electrons. The first kappa shape index (κ1) is 21.2. The van der Waals surface area contributed by atoms with Gasteiger partial charge in [-0.25, -0.2) is 5.43 Å². The fraction of sp³-hybridized carbons (Fsp3) is 0.150. The summed E-state index contributed by atoms with van der Waals surface area (Å²) in [6.45, 7) is 3.91. The second-order valence-corrected chi connectivity index (χ2v) is 6.33. The number of hydrazone groups is 1. The van der Waals surface area contributed by atoms with E-state index >= 15 is 0 Å². The number of methoxy groups -OCH3 is 1. The van der Waals surface area contributed by atoms with E-state index in [1.54, 1.807) is 42.5 Å². The van der Waals surface area contributed by atoms with E-state index in [0.29, 0.717) is 29.4 Å². The van der Waals surface area contributed by atoms with Gasteiger partial charge >= 0.3 is 0 Å². The molecule has 0 heterocycles. The van der Waals surface area contributed by atoms with Crippen LogP contribution in [-0.2, 0) is 9.59 Å². The molecule has 146 valence electrons. The Hall–Kier alpha value is -3.13. The maximum atomic E-state index is 12.0. The third-order valence-electron chi connectivity index (χ3n) is 3.44. The van der Waals surface area contributed by atoms with Crippen LogP contribution >= 0.6 is 15.9 Å². The summed E-state index contributed by atoms with van der Waals surface area (Å²) >= 11 is 3.33. The molecule has 0 atom stereocenters. The highest BCUT2D eigenvalue weighted by Gasteiger charge is 2.11. The summed E-state index contributed by atoms with van der Waals surface area (Å²) < 4.78 is 11.6. The van der Waals surface area contributed by atoms with Gasteiger partial charge in [0.2, 0.25) is 11.8 Å². The fourth-order valence-corrected chi connectivity index (χ4v) is 2.59. The van der Waals surface area contributed by atoms with Crippen LogP contribution in [0.25, 0.3) is 0 Å². The molecule has 0 saturated carbocycles. The van der Waals surface area contributed by atoms with Crippen molar-refractivity contribution >= 4 is 39.6 Å². The zero-order valence-corrected chi connectivity index (χ0v) is 16.9. The van der Waals surface area contributed by atoms with Crippen LogP contribution in [0, 0.1) is 0 Å². The molecule has 0 aromatic heterocycles. The Morgan fingerprint density at radius 3 is 2.68 bits per heavy atom. The SMILES string of the molecule is C=CCOc1c(C=NNC(=O)CC(=O)Nc2ccccc2Br)cccc1OC. The summed E-state index contributed by atoms with van der Waals surface area (Å²) in [7, 11) is 1.53. The molecule has 0 bridgehead atoms. The van der Waals surface area contributed by atoms with Gasteiger partial charge in [0.15, 0.2) is 11.5 Å². The number of carbonyl (C=O) groups is 2. The highest BCUT2D eigenvalue weighted by Crippen LogP contribution is 2.30. The molecule has 2 rings (SSSR count). The molecule has 0 aliphatic carbocycles. The lowest BCUT2D eigenvalue weighted by atomic mass is 10.2. The number of para-hydroxylation sites is 2. The van der Waals surface area contributed by atoms with E-state index in [-0.39, 0.29) is 6.42 Å². The van der Waals surface area contributed by atoms with Gasteiger partial charge in [-0.05, 0) is 40.2 Å². The summed E-state index contributed by atoms with van der Waals surface area (Å²) in [4.78, 5) is 23.9. The summed E-state index contributed by atoms with van der Waals surface area (Å²) in [6.07, 6.45) is 2.67. The topological polar surface area (TPSA) is 89.0 Å². The van der Waals surface area contributed by atoms with Gasteiger partial charge in [0.25, 0.3) is 0 Å². The molecule has 0 fully saturated rings. The molecular formula is C20H20BrN3O4. The Balaban J connectivity index is 1.95. The summed E-state index contributed by atoms with van der Waals surface area (Å²) in [5.74, 6) is 0.0211. The minimum atomic E-state index is -0.544. The number of benzene rings is 2. The van der Waals surface area contributed by atoms with Crippen LogP contribution in [0.2, 0.25) is 0 Å². The molecular weight excluding hydrogens is 426 g/mol. The summed E-state index contributed by atoms with van der Waals surface area (Å²) in [6, 6.07) is 12.4. The van der Waals surface area contributed by atoms with Crippen LogP contribution in [0.1, 0.15) is 12.0 Å². The van der Waals surface area contributed by atoms with Gasteiger partial charge in [-0.3, -0.25) is 9.59 Å². The normalized spacial score (nSPS) is 10.4. The molecule has 28 heavy (non-hydrogen) atoms. The van der Waals surface area contributed by atoms with Crippen molar-refractivity contribution in [3.05, 3.63) is 65.2 Å². The first-order valence-electron chi connectivity index (χ1n) is 8.32. The van der Waals surface area contributed by atoms with Crippen molar-refractivity contribution in [1.82, 2.24) is 5.43 Å². The van der Waals surface area contributed by atoms with Gasteiger partial charge in [0.05, 0.1) is 19.0 Å². The molecule has 2 amide bonds. The van der Waals surface area contributed by atoms with Crippen molar-refractivity contribution in [2.45, 2.75) is 6.42 Å². The van der Waals surface area contributed by atoms with Crippen molar-refractivity contribution < 1.29 is 19.1 Å². The van der Waals surface area contributed by atoms with Gasteiger partial charge in [0.1, 0.15) is 13.0 Å². The first-order valence-corrected chi connectivity index (χ1v) is 9.11. The number of halogens is 1.